The largest absolute Gasteiger partial charge is 0.497 e. The van der Waals surface area contributed by atoms with Crippen LogP contribution >= 0.6 is 22.9 Å². The number of fused-ring (bicyclic) bond motifs is 8. The van der Waals surface area contributed by atoms with Gasteiger partial charge >= 0.3 is 0 Å². The highest BCUT2D eigenvalue weighted by Gasteiger charge is 2.48. The second kappa shape index (κ2) is 47.1. The number of amides is 2. The van der Waals surface area contributed by atoms with Gasteiger partial charge in [0.1, 0.15) is 71.7 Å². The number of halogens is 5. The van der Waals surface area contributed by atoms with Crippen molar-refractivity contribution in [2.45, 2.75) is 170 Å². The molecule has 17 aromatic rings. The van der Waals surface area contributed by atoms with Crippen LogP contribution in [0.3, 0.4) is 0 Å². The Labute approximate surface area is 874 Å². The molecule has 7 aromatic heterocycles. The molecular weight excluding hydrogens is 1940 g/mol. The zero-order valence-electron chi connectivity index (χ0n) is 84.2. The molecule has 0 bridgehead atoms. The van der Waals surface area contributed by atoms with Crippen molar-refractivity contribution in [2.24, 2.45) is 0 Å². The lowest BCUT2D eigenvalue weighted by atomic mass is 9.91. The van der Waals surface area contributed by atoms with Crippen LogP contribution in [0.2, 0.25) is 5.02 Å². The van der Waals surface area contributed by atoms with E-state index >= 15 is 8.78 Å². The van der Waals surface area contributed by atoms with Crippen molar-refractivity contribution in [1.29, 1.82) is 0 Å². The summed E-state index contributed by atoms with van der Waals surface area (Å²) in [7, 11) is 2.70. The maximum atomic E-state index is 16.5. The van der Waals surface area contributed by atoms with Gasteiger partial charge in [-0.3, -0.25) is 34.5 Å². The van der Waals surface area contributed by atoms with Crippen LogP contribution in [0.5, 0.6) is 17.2 Å². The minimum Gasteiger partial charge on any atom is -0.497 e. The fourth-order valence-electron chi connectivity index (χ4n) is 20.2. The number of alkyl halides is 3. The minimum absolute atomic E-state index is 0.0252. The number of hydrogen-bond donors (Lipinski definition) is 2. The van der Waals surface area contributed by atoms with E-state index in [1.807, 2.05) is 222 Å². The maximum Gasteiger partial charge on any atom is 0.259 e. The number of aliphatic hydroxyl groups is 1. The zero-order valence-corrected chi connectivity index (χ0v) is 86.6. The normalized spacial score (nSPS) is 18.4. The number of carbonyl (C=O) groups excluding carboxylic acids is 2. The molecule has 2 N–H and O–H groups in total. The van der Waals surface area contributed by atoms with E-state index < -0.39 is 75.6 Å². The average Bonchev–Trinajstić information content (AvgIpc) is 1.68. The molecule has 1 aliphatic carbocycles. The molecule has 10 aromatic carbocycles. The van der Waals surface area contributed by atoms with E-state index in [1.54, 1.807) is 133 Å². The lowest BCUT2D eigenvalue weighted by molar-refractivity contribution is 0.0461. The first kappa shape index (κ1) is 104. The van der Waals surface area contributed by atoms with Crippen LogP contribution in [-0.2, 0) is 36.1 Å². The van der Waals surface area contributed by atoms with Crippen molar-refractivity contribution in [3.8, 4) is 17.2 Å². The summed E-state index contributed by atoms with van der Waals surface area (Å²) in [5, 5.41) is 17.7. The Morgan fingerprint density at radius 1 is 0.510 bits per heavy atom. The van der Waals surface area contributed by atoms with Crippen molar-refractivity contribution < 1.29 is 54.9 Å². The van der Waals surface area contributed by atoms with Gasteiger partial charge in [0.15, 0.2) is 10.0 Å². The van der Waals surface area contributed by atoms with Gasteiger partial charge in [0.05, 0.1) is 77.5 Å². The number of thiazole rings is 1. The molecule has 11 heterocycles. The predicted molar refractivity (Wildman–Crippen MR) is 582 cm³/mol. The number of nitrogens with zero attached hydrogens (tertiary/aromatic N) is 14. The van der Waals surface area contributed by atoms with Crippen LogP contribution in [0.1, 0.15) is 166 Å². The van der Waals surface area contributed by atoms with Crippen LogP contribution in [0.15, 0.2) is 334 Å². The smallest absolute Gasteiger partial charge is 0.259 e. The number of ether oxygens (including phenoxy) is 3. The topological polar surface area (TPSA) is 251 Å². The average molecular weight is 2060 g/mol. The summed E-state index contributed by atoms with van der Waals surface area (Å²) >= 11 is 8.19. The van der Waals surface area contributed by atoms with Gasteiger partial charge in [0.25, 0.3) is 11.8 Å². The van der Waals surface area contributed by atoms with Gasteiger partial charge in [0.2, 0.25) is 10.0 Å². The molecule has 1 saturated carbocycles. The van der Waals surface area contributed by atoms with Gasteiger partial charge in [-0.1, -0.05) is 216 Å². The zero-order chi connectivity index (χ0) is 104. The predicted octanol–water partition coefficient (Wildman–Crippen LogP) is 24.3. The second-order valence-corrected chi connectivity index (χ2v) is 41.6. The number of anilines is 4. The number of carbonyl (C=O) groups is 2. The Morgan fingerprint density at radius 3 is 1.68 bits per heavy atom. The van der Waals surface area contributed by atoms with Crippen molar-refractivity contribution in [3.05, 3.63) is 406 Å². The van der Waals surface area contributed by atoms with Crippen LogP contribution in [0.4, 0.5) is 40.0 Å². The van der Waals surface area contributed by atoms with E-state index in [9.17, 15) is 31.9 Å². The van der Waals surface area contributed by atoms with E-state index in [0.717, 1.165) is 119 Å². The summed E-state index contributed by atoms with van der Waals surface area (Å²) in [6.45, 7) is 12.6. The number of aliphatic hydroxyl groups excluding tert-OH is 1. The first-order valence-electron chi connectivity index (χ1n) is 50.1. The molecule has 11 unspecified atom stereocenters. The Bertz CT molecular complexity index is 7700. The number of aromatic nitrogens is 8. The molecular formula is C119H118ClF4N15O8S2. The second-order valence-electron chi connectivity index (χ2n) is 38.3. The van der Waals surface area contributed by atoms with Crippen LogP contribution in [0.25, 0.3) is 43.7 Å². The maximum absolute atomic E-state index is 16.5. The molecule has 2 amide bonds. The van der Waals surface area contributed by atoms with E-state index in [-0.39, 0.29) is 55.1 Å². The van der Waals surface area contributed by atoms with E-state index in [0.29, 0.717) is 71.7 Å². The summed E-state index contributed by atoms with van der Waals surface area (Å²) in [5.74, 6) is -0.0397. The third-order valence-electron chi connectivity index (χ3n) is 28.9. The number of nitrogens with one attached hydrogen (secondary N) is 1. The Kier molecular flexibility index (Phi) is 32.9. The highest BCUT2D eigenvalue weighted by Crippen LogP contribution is 2.45. The molecule has 30 heteroatoms. The van der Waals surface area contributed by atoms with Gasteiger partial charge in [-0.05, 0) is 191 Å². The van der Waals surface area contributed by atoms with Gasteiger partial charge < -0.3 is 49.1 Å². The van der Waals surface area contributed by atoms with Crippen molar-refractivity contribution in [2.75, 3.05) is 68.0 Å². The summed E-state index contributed by atoms with van der Waals surface area (Å²) in [4.78, 5) is 72.9. The van der Waals surface area contributed by atoms with E-state index in [4.69, 9.17) is 30.8 Å². The van der Waals surface area contributed by atoms with Gasteiger partial charge in [0, 0.05) is 152 Å². The third kappa shape index (κ3) is 23.3. The summed E-state index contributed by atoms with van der Waals surface area (Å²) in [5.41, 5.74) is 15.6. The Balaban J connectivity index is 0.000000122. The van der Waals surface area contributed by atoms with Crippen LogP contribution in [0, 0.1) is 5.82 Å². The molecule has 0 spiro atoms. The third-order valence-corrected chi connectivity index (χ3v) is 32.5. The molecule has 4 aliphatic heterocycles. The molecule has 22 rings (SSSR count). The Morgan fingerprint density at radius 2 is 1.06 bits per heavy atom. The van der Waals surface area contributed by atoms with Gasteiger partial charge in [-0.2, -0.15) is 4.31 Å². The molecule has 5 aliphatic rings. The van der Waals surface area contributed by atoms with Gasteiger partial charge in [-0.25, -0.2) is 40.9 Å². The number of rotatable bonds is 23. The molecule has 11 atom stereocenters. The fourth-order valence-corrected chi connectivity index (χ4v) is 23.4. The highest BCUT2D eigenvalue weighted by atomic mass is 35.5. The number of pyridine rings is 5. The number of para-hydroxylation sites is 4. The molecule has 23 nitrogen and oxygen atoms in total. The van der Waals surface area contributed by atoms with Crippen molar-refractivity contribution in [3.63, 3.8) is 0 Å². The number of hydrogen-bond acceptors (Lipinski definition) is 21. The monoisotopic (exact) mass is 2060 g/mol. The lowest BCUT2D eigenvalue weighted by Gasteiger charge is -2.45. The van der Waals surface area contributed by atoms with Crippen LogP contribution < -0.4 is 34.2 Å². The molecule has 0 radical (unpaired) electrons. The quantitative estimate of drug-likeness (QED) is 0.0565. The molecule has 1 fully saturated rings. The highest BCUT2D eigenvalue weighted by molar-refractivity contribution is 7.89. The first-order valence-corrected chi connectivity index (χ1v) is 52.8. The summed E-state index contributed by atoms with van der Waals surface area (Å²) in [6, 6.07) is 87.3. The molecule has 0 saturated heterocycles. The summed E-state index contributed by atoms with van der Waals surface area (Å²) in [6.07, 6.45) is 10.7. The minimum atomic E-state index is -4.11. The van der Waals surface area contributed by atoms with E-state index in [2.05, 4.69) is 94.5 Å². The van der Waals surface area contributed by atoms with E-state index in [1.165, 1.54) is 38.0 Å². The lowest BCUT2D eigenvalue weighted by Crippen LogP contribution is -2.59. The SMILES string of the molecule is CC(c1ccc2nccnc2c1)c1cnc(N2CCc3ccccc3C2)s1.CC(c1ccccc1Cl)C1CN(C2CCC(O)CC2)S(=O)(=O)c2c(F)cccc2O1.CC(c1cnc2ccccc2c1)C(F)C1N(Cc2ccccc2)C(=O)c2cccnc2N1C.COc1cccc(CN2C(=O)c3cccnc3N(C)C2C(F)C(C)c2cnc3ccccc3c2)c1.COc1ccccc1C(C)C(F)CNc1cnc2ccccc2c1. The van der Waals surface area contributed by atoms with Crippen molar-refractivity contribution in [1.82, 2.24) is 54.0 Å². The standard InChI is InChI=1S/C28H27FN4O2.C27H25FN4O.C22H25ClFNO4S.C22H20N4S.C20H21FN2O/c1-18(21-15-20-9-4-5-12-24(20)31-16-21)25(29)27-32(2)26-23(11-7-13-30-26)28(34)33(27)17-19-8-6-10-22(14-19)35-3;1-18(21-15-20-11-6-7-13-23(20)30-16-21)24(28)26-31(2)25-22(12-8-14-29-25)27(33)32(26)17-19-9-4-3-5-10-19;1-14(17-5-2-3-6-18(17)23)21-13-25(15-9-11-16(26)12-10-15)30(27,28)22-19(24)7-4-8-20(22)29-21;1-15(17-6-7-19-20(12-17)24-10-9-23-19)21-13-25-22(27-21)26-11-8-16-4-2-3-5-18(16)14-26;1-14(17-8-4-6-10-20(17)24-2)18(21)13-22-16-11-15-7-3-5-9-19(15)23-12-16/h4-16,18,25,27H,17H2,1-3H3;3-16,18,24,26H,17H2,1-2H3;2-8,14-16,21,26H,9-13H2,1H3;2-7,9-10,12-13,15H,8,11,14H2,1H3;3-12,14,18,22H,13H2,1-2H3. The van der Waals surface area contributed by atoms with Gasteiger partial charge in [-0.15, -0.1) is 11.3 Å². The van der Waals surface area contributed by atoms with Crippen molar-refractivity contribution >= 4 is 111 Å². The Hall–Kier alpha value is -14.9. The molecule has 764 valence electrons. The number of sulfonamides is 1. The van der Waals surface area contributed by atoms with Crippen LogP contribution in [-0.4, -0.2) is 176 Å². The number of benzene rings is 10. The summed E-state index contributed by atoms with van der Waals surface area (Å²) < 4.78 is 107. The molecule has 149 heavy (non-hydrogen) atoms. The fraction of sp³-hybridized carbons (Fsp3) is 0.277. The first-order chi connectivity index (χ1) is 72.3. The number of methoxy groups -OCH3 is 2.